The number of carbonyl (C=O) groups is 2. The molecule has 1 saturated carbocycles. The lowest BCUT2D eigenvalue weighted by Gasteiger charge is -2.17. The van der Waals surface area contributed by atoms with Crippen molar-refractivity contribution in [2.45, 2.75) is 32.7 Å². The molecule has 0 spiro atoms. The van der Waals surface area contributed by atoms with Gasteiger partial charge in [0.05, 0.1) is 14.2 Å². The van der Waals surface area contributed by atoms with Crippen molar-refractivity contribution in [3.8, 4) is 11.5 Å². The third-order valence-electron chi connectivity index (χ3n) is 3.68. The Kier molecular flexibility index (Phi) is 4.59. The summed E-state index contributed by atoms with van der Waals surface area (Å²) >= 11 is 0. The Morgan fingerprint density at radius 1 is 1.09 bits per heavy atom. The lowest BCUT2D eigenvalue weighted by atomic mass is 10.0. The van der Waals surface area contributed by atoms with E-state index < -0.39 is 5.41 Å². The van der Waals surface area contributed by atoms with E-state index in [4.69, 9.17) is 9.47 Å². The van der Waals surface area contributed by atoms with Crippen LogP contribution < -0.4 is 20.1 Å². The van der Waals surface area contributed by atoms with Crippen LogP contribution in [-0.4, -0.2) is 32.1 Å². The molecule has 120 valence electrons. The van der Waals surface area contributed by atoms with E-state index >= 15 is 0 Å². The molecule has 2 N–H and O–H groups in total. The van der Waals surface area contributed by atoms with Gasteiger partial charge < -0.3 is 20.1 Å². The van der Waals surface area contributed by atoms with Crippen LogP contribution in [0.5, 0.6) is 11.5 Å². The third kappa shape index (κ3) is 3.16. The van der Waals surface area contributed by atoms with E-state index in [0.717, 1.165) is 0 Å². The Labute approximate surface area is 130 Å². The van der Waals surface area contributed by atoms with Crippen LogP contribution >= 0.6 is 0 Å². The Hall–Kier alpha value is -2.24. The standard InChI is InChI=1S/C16H22N2O4/c1-10(2)17-14(19)16(7-8-16)15(20)18-11-5-6-12(21-3)13(9-11)22-4/h5-6,9-10H,7-8H2,1-4H3,(H,17,19)(H,18,20). The number of hydrogen-bond donors (Lipinski definition) is 2. The highest BCUT2D eigenvalue weighted by Gasteiger charge is 2.56. The minimum Gasteiger partial charge on any atom is -0.493 e. The van der Waals surface area contributed by atoms with Crippen molar-refractivity contribution in [2.24, 2.45) is 5.41 Å². The van der Waals surface area contributed by atoms with Crippen LogP contribution in [0.15, 0.2) is 18.2 Å². The molecule has 0 unspecified atom stereocenters. The molecule has 1 fully saturated rings. The van der Waals surface area contributed by atoms with Crippen LogP contribution in [0.4, 0.5) is 5.69 Å². The maximum atomic E-state index is 12.4. The molecule has 0 aliphatic heterocycles. The topological polar surface area (TPSA) is 76.7 Å². The molecule has 22 heavy (non-hydrogen) atoms. The zero-order chi connectivity index (χ0) is 16.3. The number of amides is 2. The number of rotatable bonds is 6. The number of ether oxygens (including phenoxy) is 2. The zero-order valence-corrected chi connectivity index (χ0v) is 13.4. The molecule has 6 heteroatoms. The number of anilines is 1. The van der Waals surface area contributed by atoms with E-state index in [1.807, 2.05) is 13.8 Å². The van der Waals surface area contributed by atoms with Crippen molar-refractivity contribution in [2.75, 3.05) is 19.5 Å². The first-order valence-corrected chi connectivity index (χ1v) is 7.27. The first kappa shape index (κ1) is 16.1. The van der Waals surface area contributed by atoms with E-state index in [2.05, 4.69) is 10.6 Å². The van der Waals surface area contributed by atoms with Crippen molar-refractivity contribution in [1.29, 1.82) is 0 Å². The van der Waals surface area contributed by atoms with Crippen LogP contribution in [0.25, 0.3) is 0 Å². The van der Waals surface area contributed by atoms with Crippen LogP contribution in [0.3, 0.4) is 0 Å². The monoisotopic (exact) mass is 306 g/mol. The van der Waals surface area contributed by atoms with Crippen molar-refractivity contribution in [1.82, 2.24) is 5.32 Å². The molecule has 1 aromatic carbocycles. The second-order valence-corrected chi connectivity index (χ2v) is 5.73. The van der Waals surface area contributed by atoms with Gasteiger partial charge in [-0.15, -0.1) is 0 Å². The van der Waals surface area contributed by atoms with Crippen LogP contribution in [-0.2, 0) is 9.59 Å². The summed E-state index contributed by atoms with van der Waals surface area (Å²) in [6, 6.07) is 5.12. The summed E-state index contributed by atoms with van der Waals surface area (Å²) in [5, 5.41) is 5.60. The molecule has 0 aromatic heterocycles. The van der Waals surface area contributed by atoms with E-state index in [1.165, 1.54) is 7.11 Å². The van der Waals surface area contributed by atoms with Gasteiger partial charge in [0.1, 0.15) is 5.41 Å². The number of hydrogen-bond acceptors (Lipinski definition) is 4. The molecule has 1 aliphatic rings. The highest BCUT2D eigenvalue weighted by atomic mass is 16.5. The number of benzene rings is 1. The van der Waals surface area contributed by atoms with E-state index in [-0.39, 0.29) is 17.9 Å². The van der Waals surface area contributed by atoms with E-state index in [1.54, 1.807) is 25.3 Å². The molecule has 0 radical (unpaired) electrons. The smallest absolute Gasteiger partial charge is 0.240 e. The van der Waals surface area contributed by atoms with Gasteiger partial charge in [-0.25, -0.2) is 0 Å². The van der Waals surface area contributed by atoms with Crippen molar-refractivity contribution in [3.63, 3.8) is 0 Å². The number of carbonyl (C=O) groups excluding carboxylic acids is 2. The van der Waals surface area contributed by atoms with Gasteiger partial charge in [0, 0.05) is 17.8 Å². The van der Waals surface area contributed by atoms with Gasteiger partial charge in [-0.3, -0.25) is 9.59 Å². The van der Waals surface area contributed by atoms with E-state index in [0.29, 0.717) is 30.0 Å². The van der Waals surface area contributed by atoms with Crippen LogP contribution in [0.2, 0.25) is 0 Å². The molecule has 1 aromatic rings. The maximum absolute atomic E-state index is 12.4. The number of methoxy groups -OCH3 is 2. The normalized spacial score (nSPS) is 15.1. The molecular weight excluding hydrogens is 284 g/mol. The highest BCUT2D eigenvalue weighted by molar-refractivity contribution is 6.13. The zero-order valence-electron chi connectivity index (χ0n) is 13.4. The minimum atomic E-state index is -0.933. The van der Waals surface area contributed by atoms with E-state index in [9.17, 15) is 9.59 Å². The molecule has 6 nitrogen and oxygen atoms in total. The van der Waals surface area contributed by atoms with Gasteiger partial charge >= 0.3 is 0 Å². The highest BCUT2D eigenvalue weighted by Crippen LogP contribution is 2.47. The average Bonchev–Trinajstić information content (AvgIpc) is 3.28. The Balaban J connectivity index is 2.11. The Bertz CT molecular complexity index is 580. The van der Waals surface area contributed by atoms with Crippen molar-refractivity contribution < 1.29 is 19.1 Å². The van der Waals surface area contributed by atoms with Gasteiger partial charge in [0.2, 0.25) is 11.8 Å². The molecule has 2 rings (SSSR count). The lowest BCUT2D eigenvalue weighted by Crippen LogP contribution is -2.42. The van der Waals surface area contributed by atoms with Crippen molar-refractivity contribution in [3.05, 3.63) is 18.2 Å². The second-order valence-electron chi connectivity index (χ2n) is 5.73. The molecule has 0 bridgehead atoms. The fourth-order valence-corrected chi connectivity index (χ4v) is 2.25. The first-order valence-electron chi connectivity index (χ1n) is 7.27. The second kappa shape index (κ2) is 6.25. The molecule has 2 amide bonds. The molecule has 0 atom stereocenters. The maximum Gasteiger partial charge on any atom is 0.240 e. The molecule has 0 saturated heterocycles. The summed E-state index contributed by atoms with van der Waals surface area (Å²) < 4.78 is 10.4. The quantitative estimate of drug-likeness (QED) is 0.788. The summed E-state index contributed by atoms with van der Waals surface area (Å²) in [5.41, 5.74) is -0.358. The average molecular weight is 306 g/mol. The predicted molar refractivity (Wildman–Crippen MR) is 83.1 cm³/mol. The summed E-state index contributed by atoms with van der Waals surface area (Å²) in [5.74, 6) is 0.620. The van der Waals surface area contributed by atoms with Gasteiger partial charge in [0.25, 0.3) is 0 Å². The fourth-order valence-electron chi connectivity index (χ4n) is 2.25. The minimum absolute atomic E-state index is 0.0128. The van der Waals surface area contributed by atoms with Gasteiger partial charge in [-0.2, -0.15) is 0 Å². The van der Waals surface area contributed by atoms with Crippen LogP contribution in [0.1, 0.15) is 26.7 Å². The van der Waals surface area contributed by atoms with Gasteiger partial charge in [-0.05, 0) is 38.8 Å². The lowest BCUT2D eigenvalue weighted by molar-refractivity contribution is -0.134. The summed E-state index contributed by atoms with van der Waals surface area (Å²) in [7, 11) is 3.08. The number of nitrogens with one attached hydrogen (secondary N) is 2. The molecule has 1 aliphatic carbocycles. The first-order chi connectivity index (χ1) is 10.4. The van der Waals surface area contributed by atoms with Crippen LogP contribution in [0, 0.1) is 5.41 Å². The third-order valence-corrected chi connectivity index (χ3v) is 3.68. The van der Waals surface area contributed by atoms with Gasteiger partial charge in [-0.1, -0.05) is 0 Å². The molecular formula is C16H22N2O4. The Morgan fingerprint density at radius 2 is 1.73 bits per heavy atom. The summed E-state index contributed by atoms with van der Waals surface area (Å²) in [6.45, 7) is 3.75. The summed E-state index contributed by atoms with van der Waals surface area (Å²) in [6.07, 6.45) is 1.15. The molecule has 0 heterocycles. The fraction of sp³-hybridized carbons (Fsp3) is 0.500. The Morgan fingerprint density at radius 3 is 2.23 bits per heavy atom. The SMILES string of the molecule is COc1ccc(NC(=O)C2(C(=O)NC(C)C)CC2)cc1OC. The van der Waals surface area contributed by atoms with Crippen molar-refractivity contribution >= 4 is 17.5 Å². The van der Waals surface area contributed by atoms with Gasteiger partial charge in [0.15, 0.2) is 11.5 Å². The summed E-state index contributed by atoms with van der Waals surface area (Å²) in [4.78, 5) is 24.6. The predicted octanol–water partition coefficient (Wildman–Crippen LogP) is 1.95. The largest absolute Gasteiger partial charge is 0.493 e.